The van der Waals surface area contributed by atoms with Gasteiger partial charge in [0.05, 0.1) is 16.8 Å². The van der Waals surface area contributed by atoms with Crippen LogP contribution in [0, 0.1) is 0 Å². The average molecular weight is 560 g/mol. The minimum Gasteiger partial charge on any atom is -0.486 e. The van der Waals surface area contributed by atoms with Crippen molar-refractivity contribution in [1.29, 1.82) is 0 Å². The van der Waals surface area contributed by atoms with Crippen LogP contribution in [0.1, 0.15) is 29.8 Å². The number of ether oxygens (including phenoxy) is 2. The monoisotopic (exact) mass is 559 g/mol. The van der Waals surface area contributed by atoms with Gasteiger partial charge in [0.2, 0.25) is 10.0 Å². The lowest BCUT2D eigenvalue weighted by molar-refractivity contribution is 0.0955. The zero-order valence-corrected chi connectivity index (χ0v) is 23.0. The topological polar surface area (TPSA) is 115 Å². The average Bonchev–Trinajstić information content (AvgIpc) is 3.42. The number of amides is 1. The fourth-order valence-electron chi connectivity index (χ4n) is 4.35. The second kappa shape index (κ2) is 11.7. The lowest BCUT2D eigenvalue weighted by Crippen LogP contribution is -2.30. The fraction of sp³-hybridized carbons (Fsp3) is 0.207. The van der Waals surface area contributed by atoms with E-state index in [0.717, 1.165) is 11.3 Å². The Morgan fingerprint density at radius 2 is 1.75 bits per heavy atom. The summed E-state index contributed by atoms with van der Waals surface area (Å²) < 4.78 is 40.2. The zero-order valence-electron chi connectivity index (χ0n) is 22.1. The summed E-state index contributed by atoms with van der Waals surface area (Å²) in [5, 5.41) is 8.94. The third-order valence-corrected chi connectivity index (χ3v) is 8.43. The molecule has 10 nitrogen and oxygen atoms in total. The molecule has 1 aliphatic rings. The molecule has 0 saturated heterocycles. The van der Waals surface area contributed by atoms with E-state index in [1.54, 1.807) is 30.7 Å². The van der Waals surface area contributed by atoms with E-state index >= 15 is 0 Å². The van der Waals surface area contributed by atoms with Crippen LogP contribution in [-0.2, 0) is 10.0 Å². The highest BCUT2D eigenvalue weighted by molar-refractivity contribution is 7.89. The molecule has 0 saturated carbocycles. The summed E-state index contributed by atoms with van der Waals surface area (Å²) in [6, 6.07) is 21.1. The normalized spacial score (nSPS) is 13.1. The van der Waals surface area contributed by atoms with Crippen molar-refractivity contribution < 1.29 is 22.7 Å². The lowest BCUT2D eigenvalue weighted by Gasteiger charge is -2.18. The molecule has 0 aliphatic carbocycles. The Morgan fingerprint density at radius 3 is 2.50 bits per heavy atom. The first kappa shape index (κ1) is 27.1. The maximum Gasteiger partial charge on any atom is 0.271 e. The molecule has 0 fully saturated rings. The van der Waals surface area contributed by atoms with Gasteiger partial charge in [0, 0.05) is 36.0 Å². The lowest BCUT2D eigenvalue weighted by atomic mass is 10.1. The summed E-state index contributed by atoms with van der Waals surface area (Å²) in [5.74, 6) is 0.767. The molecule has 0 radical (unpaired) electrons. The molecule has 40 heavy (non-hydrogen) atoms. The van der Waals surface area contributed by atoms with Gasteiger partial charge in [-0.25, -0.2) is 18.5 Å². The Morgan fingerprint density at radius 1 is 1.00 bits per heavy atom. The molecular formula is C29H29N5O5S. The molecule has 206 valence electrons. The van der Waals surface area contributed by atoms with Crippen molar-refractivity contribution >= 4 is 22.1 Å². The quantitative estimate of drug-likeness (QED) is 0.244. The van der Waals surface area contributed by atoms with Gasteiger partial charge in [-0.05, 0) is 48.5 Å². The van der Waals surface area contributed by atoms with Crippen molar-refractivity contribution in [2.24, 2.45) is 5.10 Å². The predicted octanol–water partition coefficient (Wildman–Crippen LogP) is 4.10. The number of benzene rings is 3. The number of carbonyl (C=O) groups excluding carboxylic acids is 1. The first-order valence-corrected chi connectivity index (χ1v) is 14.3. The molecule has 11 heteroatoms. The first-order chi connectivity index (χ1) is 19.4. The Labute approximate surface area is 232 Å². The third kappa shape index (κ3) is 5.61. The largest absolute Gasteiger partial charge is 0.486 e. The van der Waals surface area contributed by atoms with Crippen molar-refractivity contribution in [3.05, 3.63) is 90.1 Å². The highest BCUT2D eigenvalue weighted by Crippen LogP contribution is 2.35. The molecule has 1 aromatic heterocycles. The number of carbonyl (C=O) groups is 1. The predicted molar refractivity (Wildman–Crippen MR) is 152 cm³/mol. The number of nitrogens with zero attached hydrogens (tertiary/aromatic N) is 4. The van der Waals surface area contributed by atoms with E-state index in [4.69, 9.17) is 14.6 Å². The van der Waals surface area contributed by atoms with E-state index in [1.807, 2.05) is 54.7 Å². The van der Waals surface area contributed by atoms with E-state index in [9.17, 15) is 13.2 Å². The number of fused-ring (bicyclic) bond motifs is 1. The Balaban J connectivity index is 1.42. The van der Waals surface area contributed by atoms with Gasteiger partial charge in [-0.3, -0.25) is 4.79 Å². The second-order valence-electron chi connectivity index (χ2n) is 8.89. The Kier molecular flexibility index (Phi) is 7.94. The van der Waals surface area contributed by atoms with Crippen LogP contribution >= 0.6 is 0 Å². The third-order valence-electron chi connectivity index (χ3n) is 6.39. The molecule has 2 heterocycles. The van der Waals surface area contributed by atoms with Crippen molar-refractivity contribution in [3.8, 4) is 28.4 Å². The van der Waals surface area contributed by atoms with Gasteiger partial charge in [-0.15, -0.1) is 0 Å². The van der Waals surface area contributed by atoms with Crippen molar-refractivity contribution in [2.75, 3.05) is 26.3 Å². The maximum atomic E-state index is 12.9. The highest BCUT2D eigenvalue weighted by atomic mass is 32.2. The number of nitrogens with one attached hydrogen (secondary N) is 1. The summed E-state index contributed by atoms with van der Waals surface area (Å²) in [4.78, 5) is 12.9. The minimum absolute atomic E-state index is 0.0536. The van der Waals surface area contributed by atoms with Crippen molar-refractivity contribution in [1.82, 2.24) is 19.5 Å². The smallest absolute Gasteiger partial charge is 0.271 e. The van der Waals surface area contributed by atoms with Crippen LogP contribution in [-0.4, -0.2) is 60.9 Å². The van der Waals surface area contributed by atoms with Crippen LogP contribution in [0.25, 0.3) is 16.9 Å². The number of aromatic nitrogens is 2. The Bertz CT molecular complexity index is 1650. The highest BCUT2D eigenvalue weighted by Gasteiger charge is 2.22. The van der Waals surface area contributed by atoms with E-state index in [1.165, 1.54) is 22.7 Å². The number of rotatable bonds is 9. The number of hydrogen-bond donors (Lipinski definition) is 1. The number of hydrazone groups is 1. The summed E-state index contributed by atoms with van der Waals surface area (Å²) in [6.07, 6.45) is 3.32. The van der Waals surface area contributed by atoms with E-state index in [0.29, 0.717) is 49.1 Å². The number of hydrogen-bond acceptors (Lipinski definition) is 7. The van der Waals surface area contributed by atoms with Gasteiger partial charge in [0.15, 0.2) is 11.5 Å². The van der Waals surface area contributed by atoms with Crippen LogP contribution in [0.5, 0.6) is 11.5 Å². The molecule has 1 N–H and O–H groups in total. The van der Waals surface area contributed by atoms with Gasteiger partial charge in [0.1, 0.15) is 18.9 Å². The summed E-state index contributed by atoms with van der Waals surface area (Å²) in [6.45, 7) is 5.17. The summed E-state index contributed by atoms with van der Waals surface area (Å²) in [7, 11) is -3.70. The first-order valence-electron chi connectivity index (χ1n) is 12.9. The Hall–Kier alpha value is -4.48. The second-order valence-corrected chi connectivity index (χ2v) is 10.8. The van der Waals surface area contributed by atoms with E-state index < -0.39 is 15.9 Å². The van der Waals surface area contributed by atoms with Crippen LogP contribution in [0.3, 0.4) is 0 Å². The van der Waals surface area contributed by atoms with Crippen molar-refractivity contribution in [2.45, 2.75) is 18.7 Å². The van der Waals surface area contributed by atoms with Crippen LogP contribution < -0.4 is 14.9 Å². The SMILES string of the molecule is CCN(CC)S(=O)(=O)c1cccc(C(=O)NN=Cc2cn(-c3ccccc3)nc2-c2ccc3c(c2)OCCO3)c1. The van der Waals surface area contributed by atoms with Gasteiger partial charge in [0.25, 0.3) is 5.91 Å². The van der Waals surface area contributed by atoms with Gasteiger partial charge in [-0.1, -0.05) is 38.1 Å². The van der Waals surface area contributed by atoms with Crippen LogP contribution in [0.4, 0.5) is 0 Å². The van der Waals surface area contributed by atoms with Gasteiger partial charge < -0.3 is 9.47 Å². The molecular weight excluding hydrogens is 530 g/mol. The molecule has 1 amide bonds. The minimum atomic E-state index is -3.70. The molecule has 5 rings (SSSR count). The van der Waals surface area contributed by atoms with E-state index in [-0.39, 0.29) is 10.5 Å². The summed E-state index contributed by atoms with van der Waals surface area (Å²) in [5.41, 5.74) is 5.61. The van der Waals surface area contributed by atoms with E-state index in [2.05, 4.69) is 10.5 Å². The maximum absolute atomic E-state index is 12.9. The molecule has 3 aromatic carbocycles. The number of para-hydroxylation sites is 1. The van der Waals surface area contributed by atoms with Crippen LogP contribution in [0.2, 0.25) is 0 Å². The fourth-order valence-corrected chi connectivity index (χ4v) is 5.85. The standard InChI is InChI=1S/C29H29N5O5S/c1-3-33(4-2)40(36,37)25-12-8-9-22(17-25)29(35)31-30-19-23-20-34(24-10-6-5-7-11-24)32-28(23)21-13-14-26-27(18-21)39-16-15-38-26/h5-14,17-20H,3-4,15-16H2,1-2H3,(H,31,35). The number of sulfonamides is 1. The van der Waals surface area contributed by atoms with Gasteiger partial charge >= 0.3 is 0 Å². The molecule has 1 aliphatic heterocycles. The summed E-state index contributed by atoms with van der Waals surface area (Å²) >= 11 is 0. The molecule has 4 aromatic rings. The van der Waals surface area contributed by atoms with Crippen molar-refractivity contribution in [3.63, 3.8) is 0 Å². The molecule has 0 bridgehead atoms. The molecule has 0 spiro atoms. The van der Waals surface area contributed by atoms with Crippen LogP contribution in [0.15, 0.2) is 89.0 Å². The molecule has 0 atom stereocenters. The van der Waals surface area contributed by atoms with Gasteiger partial charge in [-0.2, -0.15) is 14.5 Å². The zero-order chi connectivity index (χ0) is 28.1. The molecule has 0 unspecified atom stereocenters.